The molecule has 0 heterocycles. The van der Waals surface area contributed by atoms with Crippen LogP contribution in [-0.2, 0) is 19.1 Å². The highest BCUT2D eigenvalue weighted by Gasteiger charge is 2.11. The molecule has 2 N–H and O–H groups in total. The van der Waals surface area contributed by atoms with Gasteiger partial charge in [0.25, 0.3) is 0 Å². The highest BCUT2D eigenvalue weighted by Crippen LogP contribution is 2.05. The van der Waals surface area contributed by atoms with E-state index in [9.17, 15) is 19.8 Å². The van der Waals surface area contributed by atoms with Crippen molar-refractivity contribution in [2.45, 2.75) is 52.7 Å². The zero-order valence-corrected chi connectivity index (χ0v) is 13.8. The van der Waals surface area contributed by atoms with Crippen LogP contribution in [0.25, 0.3) is 0 Å². The molecule has 0 radical (unpaired) electrons. The lowest BCUT2D eigenvalue weighted by Crippen LogP contribution is -2.20. The number of esters is 2. The maximum Gasteiger partial charge on any atom is 0.331 e. The van der Waals surface area contributed by atoms with Crippen LogP contribution in [0.2, 0.25) is 0 Å². The monoisotopic (exact) mass is 316 g/mol. The summed E-state index contributed by atoms with van der Waals surface area (Å²) in [6.45, 7) is 7.60. The quantitative estimate of drug-likeness (QED) is 0.468. The van der Waals surface area contributed by atoms with Crippen molar-refractivity contribution in [1.82, 2.24) is 0 Å². The minimum atomic E-state index is -0.720. The van der Waals surface area contributed by atoms with E-state index in [1.54, 1.807) is 0 Å². The lowest BCUT2D eigenvalue weighted by Gasteiger charge is -2.12. The molecule has 6 nitrogen and oxygen atoms in total. The number of ether oxygens (including phenoxy) is 2. The molecule has 6 heteroatoms. The van der Waals surface area contributed by atoms with Gasteiger partial charge in [0.05, 0.1) is 12.2 Å². The normalized spacial score (nSPS) is 14.4. The van der Waals surface area contributed by atoms with Crippen molar-refractivity contribution >= 4 is 11.9 Å². The van der Waals surface area contributed by atoms with Gasteiger partial charge in [0.1, 0.15) is 13.2 Å². The van der Waals surface area contributed by atoms with E-state index in [0.29, 0.717) is 24.7 Å². The molecule has 0 saturated carbocycles. The fourth-order valence-electron chi connectivity index (χ4n) is 1.81. The molecular weight excluding hydrogens is 288 g/mol. The van der Waals surface area contributed by atoms with Gasteiger partial charge in [-0.25, -0.2) is 9.59 Å². The standard InChI is InChI=1S/C16H28O6/c1-11(2)7-13(17)9-21-15(19)5-6-16(20)22-10-14(18)8-12(3)4/h5-6,11-14,17-18H,7-10H2,1-4H3/b6-5+. The molecule has 0 spiro atoms. The SMILES string of the molecule is CC(C)CC(O)COC(=O)/C=C/C(=O)OCC(O)CC(C)C. The Labute approximate surface area is 132 Å². The first-order valence-electron chi connectivity index (χ1n) is 7.58. The van der Waals surface area contributed by atoms with E-state index in [0.717, 1.165) is 12.2 Å². The van der Waals surface area contributed by atoms with E-state index in [4.69, 9.17) is 9.47 Å². The summed E-state index contributed by atoms with van der Waals surface area (Å²) in [5.41, 5.74) is 0. The minimum Gasteiger partial charge on any atom is -0.460 e. The summed E-state index contributed by atoms with van der Waals surface area (Å²) in [5.74, 6) is -0.835. The van der Waals surface area contributed by atoms with Crippen molar-refractivity contribution in [3.8, 4) is 0 Å². The Hall–Kier alpha value is -1.40. The van der Waals surface area contributed by atoms with Crippen LogP contribution in [0.15, 0.2) is 12.2 Å². The van der Waals surface area contributed by atoms with Crippen molar-refractivity contribution in [3.63, 3.8) is 0 Å². The van der Waals surface area contributed by atoms with Gasteiger partial charge in [-0.1, -0.05) is 27.7 Å². The summed E-state index contributed by atoms with van der Waals surface area (Å²) in [7, 11) is 0. The number of aliphatic hydroxyl groups is 2. The summed E-state index contributed by atoms with van der Waals surface area (Å²) >= 11 is 0. The Balaban J connectivity index is 3.94. The fourth-order valence-corrected chi connectivity index (χ4v) is 1.81. The molecule has 0 bridgehead atoms. The number of aliphatic hydroxyl groups excluding tert-OH is 2. The Morgan fingerprint density at radius 1 is 0.818 bits per heavy atom. The molecule has 0 aromatic heterocycles. The smallest absolute Gasteiger partial charge is 0.331 e. The predicted molar refractivity (Wildman–Crippen MR) is 82.0 cm³/mol. The molecule has 2 atom stereocenters. The first kappa shape index (κ1) is 20.6. The summed E-state index contributed by atoms with van der Waals surface area (Å²) in [6.07, 6.45) is 1.53. The average Bonchev–Trinajstić information content (AvgIpc) is 2.39. The van der Waals surface area contributed by atoms with Gasteiger partial charge in [-0.3, -0.25) is 0 Å². The van der Waals surface area contributed by atoms with Gasteiger partial charge >= 0.3 is 11.9 Å². The second kappa shape index (κ2) is 11.2. The zero-order valence-electron chi connectivity index (χ0n) is 13.8. The van der Waals surface area contributed by atoms with Gasteiger partial charge in [-0.05, 0) is 24.7 Å². The largest absolute Gasteiger partial charge is 0.460 e. The molecule has 0 fully saturated rings. The van der Waals surface area contributed by atoms with E-state index >= 15 is 0 Å². The maximum absolute atomic E-state index is 11.3. The topological polar surface area (TPSA) is 93.1 Å². The average molecular weight is 316 g/mol. The van der Waals surface area contributed by atoms with Gasteiger partial charge in [0, 0.05) is 12.2 Å². The molecule has 0 aliphatic heterocycles. The number of carbonyl (C=O) groups excluding carboxylic acids is 2. The van der Waals surface area contributed by atoms with E-state index in [-0.39, 0.29) is 13.2 Å². The third kappa shape index (κ3) is 12.3. The molecule has 128 valence electrons. The van der Waals surface area contributed by atoms with Crippen molar-refractivity contribution in [2.75, 3.05) is 13.2 Å². The van der Waals surface area contributed by atoms with Crippen LogP contribution in [0.4, 0.5) is 0 Å². The van der Waals surface area contributed by atoms with Crippen LogP contribution >= 0.6 is 0 Å². The second-order valence-electron chi connectivity index (χ2n) is 6.16. The van der Waals surface area contributed by atoms with E-state index in [2.05, 4.69) is 0 Å². The van der Waals surface area contributed by atoms with Gasteiger partial charge in [0.15, 0.2) is 0 Å². The summed E-state index contributed by atoms with van der Waals surface area (Å²) in [5, 5.41) is 19.1. The molecule has 0 saturated heterocycles. The Kier molecular flexibility index (Phi) is 10.5. The molecule has 0 rings (SSSR count). The van der Waals surface area contributed by atoms with Crippen LogP contribution < -0.4 is 0 Å². The van der Waals surface area contributed by atoms with Gasteiger partial charge in [-0.15, -0.1) is 0 Å². The second-order valence-corrected chi connectivity index (χ2v) is 6.16. The predicted octanol–water partition coefficient (Wildman–Crippen LogP) is 1.44. The number of hydrogen-bond acceptors (Lipinski definition) is 6. The first-order valence-corrected chi connectivity index (χ1v) is 7.58. The Morgan fingerprint density at radius 2 is 1.14 bits per heavy atom. The molecule has 2 unspecified atom stereocenters. The highest BCUT2D eigenvalue weighted by molar-refractivity contribution is 5.91. The molecule has 0 aliphatic rings. The molecule has 0 aliphatic carbocycles. The minimum absolute atomic E-state index is 0.108. The number of hydrogen-bond donors (Lipinski definition) is 2. The zero-order chi connectivity index (χ0) is 17.1. The van der Waals surface area contributed by atoms with E-state index in [1.807, 2.05) is 27.7 Å². The molecule has 0 aromatic carbocycles. The lowest BCUT2D eigenvalue weighted by atomic mass is 10.1. The number of carbonyl (C=O) groups is 2. The Bertz CT molecular complexity index is 328. The van der Waals surface area contributed by atoms with Crippen LogP contribution in [0.1, 0.15) is 40.5 Å². The van der Waals surface area contributed by atoms with Crippen LogP contribution in [0, 0.1) is 11.8 Å². The van der Waals surface area contributed by atoms with Crippen LogP contribution in [0.3, 0.4) is 0 Å². The Morgan fingerprint density at radius 3 is 1.41 bits per heavy atom. The number of rotatable bonds is 10. The molecule has 0 amide bonds. The maximum atomic E-state index is 11.3. The van der Waals surface area contributed by atoms with Crippen LogP contribution in [-0.4, -0.2) is 47.6 Å². The summed E-state index contributed by atoms with van der Waals surface area (Å²) < 4.78 is 9.60. The van der Waals surface area contributed by atoms with Gasteiger partial charge < -0.3 is 19.7 Å². The highest BCUT2D eigenvalue weighted by atomic mass is 16.5. The third-order valence-electron chi connectivity index (χ3n) is 2.68. The van der Waals surface area contributed by atoms with E-state index < -0.39 is 24.1 Å². The van der Waals surface area contributed by atoms with E-state index in [1.165, 1.54) is 0 Å². The van der Waals surface area contributed by atoms with Crippen molar-refractivity contribution < 1.29 is 29.3 Å². The van der Waals surface area contributed by atoms with Crippen molar-refractivity contribution in [2.24, 2.45) is 11.8 Å². The van der Waals surface area contributed by atoms with Crippen molar-refractivity contribution in [1.29, 1.82) is 0 Å². The van der Waals surface area contributed by atoms with Crippen molar-refractivity contribution in [3.05, 3.63) is 12.2 Å². The van der Waals surface area contributed by atoms with Gasteiger partial charge in [-0.2, -0.15) is 0 Å². The molecular formula is C16H28O6. The first-order chi connectivity index (χ1) is 10.2. The third-order valence-corrected chi connectivity index (χ3v) is 2.68. The molecule has 22 heavy (non-hydrogen) atoms. The summed E-state index contributed by atoms with van der Waals surface area (Å²) in [4.78, 5) is 22.7. The lowest BCUT2D eigenvalue weighted by molar-refractivity contribution is -0.143. The molecule has 0 aromatic rings. The van der Waals surface area contributed by atoms with Gasteiger partial charge in [0.2, 0.25) is 0 Å². The fraction of sp³-hybridized carbons (Fsp3) is 0.750. The summed E-state index contributed by atoms with van der Waals surface area (Å²) in [6, 6.07) is 0. The van der Waals surface area contributed by atoms with Crippen LogP contribution in [0.5, 0.6) is 0 Å².